The van der Waals surface area contributed by atoms with Crippen molar-refractivity contribution >= 4 is 10.0 Å². The first kappa shape index (κ1) is 14.5. The number of hydrogen-bond donors (Lipinski definition) is 2. The van der Waals surface area contributed by atoms with E-state index in [1.54, 1.807) is 6.07 Å². The fourth-order valence-corrected chi connectivity index (χ4v) is 3.56. The Bertz CT molecular complexity index is 563. The predicted molar refractivity (Wildman–Crippen MR) is 76.2 cm³/mol. The molecule has 1 fully saturated rings. The molecule has 4 nitrogen and oxygen atoms in total. The standard InChI is InChI=1S/C14H22N2O2S/c1-3-12-5-4-11(9-15)8-13(12)19(17,18)16-10-14(2)6-7-14/h4-5,8,16H,3,6-7,9-10,15H2,1-2H3. The minimum absolute atomic E-state index is 0.158. The molecule has 0 aromatic heterocycles. The van der Waals surface area contributed by atoms with E-state index in [0.717, 1.165) is 24.0 Å². The molecule has 1 aliphatic rings. The van der Waals surface area contributed by atoms with E-state index in [1.165, 1.54) is 0 Å². The van der Waals surface area contributed by atoms with Crippen molar-refractivity contribution in [3.63, 3.8) is 0 Å². The summed E-state index contributed by atoms with van der Waals surface area (Å²) in [7, 11) is -3.43. The van der Waals surface area contributed by atoms with Crippen LogP contribution in [0.25, 0.3) is 0 Å². The largest absolute Gasteiger partial charge is 0.326 e. The molecule has 3 N–H and O–H groups in total. The second-order valence-electron chi connectivity index (χ2n) is 5.63. The van der Waals surface area contributed by atoms with Crippen LogP contribution in [-0.4, -0.2) is 15.0 Å². The van der Waals surface area contributed by atoms with Crippen LogP contribution in [0, 0.1) is 5.41 Å². The fourth-order valence-electron chi connectivity index (χ4n) is 2.01. The lowest BCUT2D eigenvalue weighted by molar-refractivity contribution is 0.530. The van der Waals surface area contributed by atoms with Crippen LogP contribution in [0.4, 0.5) is 0 Å². The van der Waals surface area contributed by atoms with Gasteiger partial charge in [0.15, 0.2) is 0 Å². The van der Waals surface area contributed by atoms with Gasteiger partial charge in [0.25, 0.3) is 0 Å². The second-order valence-corrected chi connectivity index (χ2v) is 7.37. The summed E-state index contributed by atoms with van der Waals surface area (Å²) in [5.74, 6) is 0. The first-order chi connectivity index (χ1) is 8.90. The van der Waals surface area contributed by atoms with Crippen molar-refractivity contribution in [3.8, 4) is 0 Å². The van der Waals surface area contributed by atoms with Gasteiger partial charge in [-0.2, -0.15) is 0 Å². The molecule has 1 aromatic rings. The molecule has 0 amide bonds. The third kappa shape index (κ3) is 3.35. The van der Waals surface area contributed by atoms with Crippen LogP contribution in [-0.2, 0) is 23.0 Å². The average Bonchev–Trinajstić information content (AvgIpc) is 3.14. The number of benzene rings is 1. The molecule has 5 heteroatoms. The monoisotopic (exact) mass is 282 g/mol. The zero-order chi connectivity index (χ0) is 14.1. The summed E-state index contributed by atoms with van der Waals surface area (Å²) in [4.78, 5) is 0.377. The van der Waals surface area contributed by atoms with Gasteiger partial charge < -0.3 is 5.73 Å². The molecule has 0 saturated heterocycles. The SMILES string of the molecule is CCc1ccc(CN)cc1S(=O)(=O)NCC1(C)CC1. The predicted octanol–water partition coefficient (Wildman–Crippen LogP) is 1.79. The minimum atomic E-state index is -3.43. The van der Waals surface area contributed by atoms with Crippen molar-refractivity contribution < 1.29 is 8.42 Å². The van der Waals surface area contributed by atoms with E-state index in [1.807, 2.05) is 19.1 Å². The highest BCUT2D eigenvalue weighted by Crippen LogP contribution is 2.44. The van der Waals surface area contributed by atoms with E-state index < -0.39 is 10.0 Å². The number of nitrogens with one attached hydrogen (secondary N) is 1. The molecular weight excluding hydrogens is 260 g/mol. The summed E-state index contributed by atoms with van der Waals surface area (Å²) < 4.78 is 27.5. The lowest BCUT2D eigenvalue weighted by atomic mass is 10.1. The maximum Gasteiger partial charge on any atom is 0.240 e. The van der Waals surface area contributed by atoms with Gasteiger partial charge in [0.1, 0.15) is 0 Å². The summed E-state index contributed by atoms with van der Waals surface area (Å²) in [5.41, 5.74) is 7.43. The van der Waals surface area contributed by atoms with E-state index in [2.05, 4.69) is 11.6 Å². The summed E-state index contributed by atoms with van der Waals surface area (Å²) in [6, 6.07) is 5.44. The van der Waals surface area contributed by atoms with Crippen molar-refractivity contribution in [1.29, 1.82) is 0 Å². The second kappa shape index (κ2) is 5.23. The number of rotatable bonds is 6. The van der Waals surface area contributed by atoms with Crippen molar-refractivity contribution in [2.24, 2.45) is 11.1 Å². The molecule has 0 heterocycles. The van der Waals surface area contributed by atoms with Crippen LogP contribution in [0.15, 0.2) is 23.1 Å². The van der Waals surface area contributed by atoms with Gasteiger partial charge in [0, 0.05) is 13.1 Å². The van der Waals surface area contributed by atoms with Crippen molar-refractivity contribution in [2.45, 2.75) is 44.6 Å². The quantitative estimate of drug-likeness (QED) is 0.835. The molecule has 0 aliphatic heterocycles. The Kier molecular flexibility index (Phi) is 3.99. The Labute approximate surface area is 115 Å². The van der Waals surface area contributed by atoms with Crippen molar-refractivity contribution in [2.75, 3.05) is 6.54 Å². The topological polar surface area (TPSA) is 72.2 Å². The van der Waals surface area contributed by atoms with E-state index in [0.29, 0.717) is 24.4 Å². The van der Waals surface area contributed by atoms with Gasteiger partial charge >= 0.3 is 0 Å². The van der Waals surface area contributed by atoms with E-state index >= 15 is 0 Å². The van der Waals surface area contributed by atoms with Gasteiger partial charge in [-0.25, -0.2) is 13.1 Å². The normalized spacial score (nSPS) is 17.4. The van der Waals surface area contributed by atoms with Gasteiger partial charge in [0.05, 0.1) is 4.90 Å². The minimum Gasteiger partial charge on any atom is -0.326 e. The number of sulfonamides is 1. The molecule has 0 radical (unpaired) electrons. The Morgan fingerprint density at radius 1 is 1.37 bits per heavy atom. The zero-order valence-corrected chi connectivity index (χ0v) is 12.4. The summed E-state index contributed by atoms with van der Waals surface area (Å²) in [6.45, 7) is 4.93. The molecule has 19 heavy (non-hydrogen) atoms. The Balaban J connectivity index is 2.27. The molecular formula is C14H22N2O2S. The van der Waals surface area contributed by atoms with Crippen LogP contribution >= 0.6 is 0 Å². The Morgan fingerprint density at radius 3 is 2.58 bits per heavy atom. The van der Waals surface area contributed by atoms with Crippen LogP contribution < -0.4 is 10.5 Å². The molecule has 1 saturated carbocycles. The highest BCUT2D eigenvalue weighted by Gasteiger charge is 2.38. The molecule has 2 rings (SSSR count). The molecule has 106 valence electrons. The van der Waals surface area contributed by atoms with Crippen LogP contribution in [0.5, 0.6) is 0 Å². The molecule has 0 spiro atoms. The lowest BCUT2D eigenvalue weighted by Gasteiger charge is -2.14. The van der Waals surface area contributed by atoms with Gasteiger partial charge in [-0.05, 0) is 41.9 Å². The number of aryl methyl sites for hydroxylation is 1. The first-order valence-corrected chi connectivity index (χ1v) is 8.20. The third-order valence-electron chi connectivity index (χ3n) is 3.83. The van der Waals surface area contributed by atoms with Crippen LogP contribution in [0.1, 0.15) is 37.8 Å². The molecule has 1 aromatic carbocycles. The first-order valence-electron chi connectivity index (χ1n) is 6.72. The van der Waals surface area contributed by atoms with E-state index in [-0.39, 0.29) is 5.41 Å². The van der Waals surface area contributed by atoms with Gasteiger partial charge in [-0.3, -0.25) is 0 Å². The summed E-state index contributed by atoms with van der Waals surface area (Å²) in [6.07, 6.45) is 2.89. The Hall–Kier alpha value is -0.910. The maximum absolute atomic E-state index is 12.4. The van der Waals surface area contributed by atoms with Gasteiger partial charge in [-0.15, -0.1) is 0 Å². The van der Waals surface area contributed by atoms with Gasteiger partial charge in [-0.1, -0.05) is 26.0 Å². The van der Waals surface area contributed by atoms with Crippen molar-refractivity contribution in [3.05, 3.63) is 29.3 Å². The van der Waals surface area contributed by atoms with Crippen molar-refractivity contribution in [1.82, 2.24) is 4.72 Å². The van der Waals surface area contributed by atoms with Crippen LogP contribution in [0.2, 0.25) is 0 Å². The molecule has 0 unspecified atom stereocenters. The molecule has 0 bridgehead atoms. The van der Waals surface area contributed by atoms with E-state index in [4.69, 9.17) is 5.73 Å². The average molecular weight is 282 g/mol. The fraction of sp³-hybridized carbons (Fsp3) is 0.571. The smallest absolute Gasteiger partial charge is 0.240 e. The highest BCUT2D eigenvalue weighted by atomic mass is 32.2. The van der Waals surface area contributed by atoms with Crippen LogP contribution in [0.3, 0.4) is 0 Å². The number of nitrogens with two attached hydrogens (primary N) is 1. The molecule has 1 aliphatic carbocycles. The number of hydrogen-bond acceptors (Lipinski definition) is 3. The highest BCUT2D eigenvalue weighted by molar-refractivity contribution is 7.89. The summed E-state index contributed by atoms with van der Waals surface area (Å²) in [5, 5.41) is 0. The lowest BCUT2D eigenvalue weighted by Crippen LogP contribution is -2.30. The summed E-state index contributed by atoms with van der Waals surface area (Å²) >= 11 is 0. The third-order valence-corrected chi connectivity index (χ3v) is 5.31. The zero-order valence-electron chi connectivity index (χ0n) is 11.6. The Morgan fingerprint density at radius 2 is 2.05 bits per heavy atom. The molecule has 0 atom stereocenters. The maximum atomic E-state index is 12.4. The van der Waals surface area contributed by atoms with E-state index in [9.17, 15) is 8.42 Å². The van der Waals surface area contributed by atoms with Gasteiger partial charge in [0.2, 0.25) is 10.0 Å².